The third-order valence-electron chi connectivity index (χ3n) is 5.64. The van der Waals surface area contributed by atoms with E-state index in [2.05, 4.69) is 57.3 Å². The van der Waals surface area contributed by atoms with Crippen molar-refractivity contribution in [2.24, 2.45) is 0 Å². The van der Waals surface area contributed by atoms with Gasteiger partial charge < -0.3 is 14.5 Å². The standard InChI is InChI=1S/C25H30N4O/c1-28(2)25-11-8-21(19-27-25)20-6-9-23(10-7-20)30-24-13-17-29(18-14-24)16-12-22-5-3-4-15-26-22/h3-11,15,19,24H,12-14,16-18H2,1-2H3. The number of hydrogen-bond acceptors (Lipinski definition) is 5. The van der Waals surface area contributed by atoms with Crippen molar-refractivity contribution in [1.29, 1.82) is 0 Å². The van der Waals surface area contributed by atoms with Crippen LogP contribution >= 0.6 is 0 Å². The first kappa shape index (κ1) is 20.4. The number of rotatable bonds is 7. The van der Waals surface area contributed by atoms with E-state index in [9.17, 15) is 0 Å². The van der Waals surface area contributed by atoms with Crippen LogP contribution in [0.3, 0.4) is 0 Å². The van der Waals surface area contributed by atoms with Gasteiger partial charge in [0.2, 0.25) is 0 Å². The summed E-state index contributed by atoms with van der Waals surface area (Å²) in [4.78, 5) is 13.4. The van der Waals surface area contributed by atoms with Crippen molar-refractivity contribution in [2.45, 2.75) is 25.4 Å². The van der Waals surface area contributed by atoms with Crippen molar-refractivity contribution >= 4 is 5.82 Å². The quantitative estimate of drug-likeness (QED) is 0.590. The van der Waals surface area contributed by atoms with Crippen LogP contribution < -0.4 is 9.64 Å². The van der Waals surface area contributed by atoms with E-state index in [-0.39, 0.29) is 0 Å². The van der Waals surface area contributed by atoms with Crippen LogP contribution in [0.4, 0.5) is 5.82 Å². The largest absolute Gasteiger partial charge is 0.490 e. The lowest BCUT2D eigenvalue weighted by atomic mass is 10.1. The summed E-state index contributed by atoms with van der Waals surface area (Å²) in [6.07, 6.45) is 7.24. The predicted molar refractivity (Wildman–Crippen MR) is 122 cm³/mol. The summed E-state index contributed by atoms with van der Waals surface area (Å²) in [5.41, 5.74) is 3.44. The van der Waals surface area contributed by atoms with Crippen LogP contribution in [0.15, 0.2) is 67.0 Å². The maximum absolute atomic E-state index is 6.25. The van der Waals surface area contributed by atoms with Crippen molar-refractivity contribution in [3.05, 3.63) is 72.7 Å². The highest BCUT2D eigenvalue weighted by molar-refractivity contribution is 5.64. The Balaban J connectivity index is 1.25. The lowest BCUT2D eigenvalue weighted by Crippen LogP contribution is -2.39. The highest BCUT2D eigenvalue weighted by Gasteiger charge is 2.20. The first-order valence-corrected chi connectivity index (χ1v) is 10.7. The Morgan fingerprint density at radius 3 is 2.33 bits per heavy atom. The van der Waals surface area contributed by atoms with Crippen LogP contribution in [-0.2, 0) is 6.42 Å². The molecule has 0 amide bonds. The maximum Gasteiger partial charge on any atom is 0.127 e. The number of hydrogen-bond donors (Lipinski definition) is 0. The fourth-order valence-corrected chi connectivity index (χ4v) is 3.81. The number of anilines is 1. The summed E-state index contributed by atoms with van der Waals surface area (Å²) in [5.74, 6) is 1.91. The van der Waals surface area contributed by atoms with Crippen molar-refractivity contribution < 1.29 is 4.74 Å². The van der Waals surface area contributed by atoms with Gasteiger partial charge in [0.05, 0.1) is 0 Å². The zero-order chi connectivity index (χ0) is 20.8. The molecule has 3 heterocycles. The molecule has 2 aromatic heterocycles. The van der Waals surface area contributed by atoms with Gasteiger partial charge in [-0.05, 0) is 54.8 Å². The molecular formula is C25H30N4O. The van der Waals surface area contributed by atoms with Crippen molar-refractivity contribution in [3.8, 4) is 16.9 Å². The number of likely N-dealkylation sites (tertiary alicyclic amines) is 1. The molecule has 1 aliphatic rings. The molecule has 156 valence electrons. The average molecular weight is 403 g/mol. The minimum absolute atomic E-state index is 0.294. The van der Waals surface area contributed by atoms with Crippen LogP contribution in [0, 0.1) is 0 Å². The van der Waals surface area contributed by atoms with Gasteiger partial charge >= 0.3 is 0 Å². The zero-order valence-electron chi connectivity index (χ0n) is 17.9. The van der Waals surface area contributed by atoms with Gasteiger partial charge in [0.15, 0.2) is 0 Å². The summed E-state index contributed by atoms with van der Waals surface area (Å²) in [6.45, 7) is 3.23. The van der Waals surface area contributed by atoms with E-state index in [4.69, 9.17) is 4.74 Å². The van der Waals surface area contributed by atoms with Gasteiger partial charge in [-0.25, -0.2) is 4.98 Å². The Labute approximate surface area is 179 Å². The van der Waals surface area contributed by atoms with Gasteiger partial charge in [-0.15, -0.1) is 0 Å². The fourth-order valence-electron chi connectivity index (χ4n) is 3.81. The Hall–Kier alpha value is -2.92. The van der Waals surface area contributed by atoms with Gasteiger partial charge in [0, 0.05) is 63.8 Å². The van der Waals surface area contributed by atoms with E-state index in [0.717, 1.165) is 61.6 Å². The summed E-state index contributed by atoms with van der Waals surface area (Å²) in [5, 5.41) is 0. The van der Waals surface area contributed by atoms with Crippen molar-refractivity contribution in [3.63, 3.8) is 0 Å². The first-order valence-electron chi connectivity index (χ1n) is 10.7. The van der Waals surface area contributed by atoms with E-state index >= 15 is 0 Å². The molecule has 5 heteroatoms. The molecular weight excluding hydrogens is 372 g/mol. The zero-order valence-corrected chi connectivity index (χ0v) is 17.9. The van der Waals surface area contributed by atoms with Gasteiger partial charge in [-0.1, -0.05) is 18.2 Å². The number of aromatic nitrogens is 2. The average Bonchev–Trinajstić information content (AvgIpc) is 2.80. The van der Waals surface area contributed by atoms with Crippen molar-refractivity contribution in [1.82, 2.24) is 14.9 Å². The van der Waals surface area contributed by atoms with Crippen LogP contribution in [0.1, 0.15) is 18.5 Å². The van der Waals surface area contributed by atoms with Crippen LogP contribution in [-0.4, -0.2) is 54.7 Å². The number of nitrogens with zero attached hydrogens (tertiary/aromatic N) is 4. The second kappa shape index (κ2) is 9.72. The molecule has 0 atom stereocenters. The highest BCUT2D eigenvalue weighted by atomic mass is 16.5. The molecule has 0 aliphatic carbocycles. The molecule has 0 bridgehead atoms. The van der Waals surface area contributed by atoms with E-state index < -0.39 is 0 Å². The normalized spacial score (nSPS) is 15.1. The molecule has 1 saturated heterocycles. The smallest absolute Gasteiger partial charge is 0.127 e. The lowest BCUT2D eigenvalue weighted by Gasteiger charge is -2.32. The molecule has 0 N–H and O–H groups in total. The van der Waals surface area contributed by atoms with E-state index in [1.54, 1.807) is 0 Å². The van der Waals surface area contributed by atoms with Crippen LogP contribution in [0.2, 0.25) is 0 Å². The van der Waals surface area contributed by atoms with E-state index in [1.165, 1.54) is 5.69 Å². The SMILES string of the molecule is CN(C)c1ccc(-c2ccc(OC3CCN(CCc4ccccn4)CC3)cc2)cn1. The van der Waals surface area contributed by atoms with Crippen LogP contribution in [0.25, 0.3) is 11.1 Å². The van der Waals surface area contributed by atoms with Gasteiger partial charge in [-0.3, -0.25) is 4.98 Å². The summed E-state index contributed by atoms with van der Waals surface area (Å²) >= 11 is 0. The summed E-state index contributed by atoms with van der Waals surface area (Å²) in [7, 11) is 4.00. The first-order chi connectivity index (χ1) is 14.7. The lowest BCUT2D eigenvalue weighted by molar-refractivity contribution is 0.101. The Kier molecular flexibility index (Phi) is 6.60. The van der Waals surface area contributed by atoms with E-state index in [0.29, 0.717) is 6.10 Å². The molecule has 0 spiro atoms. The third kappa shape index (κ3) is 5.36. The number of benzene rings is 1. The molecule has 0 radical (unpaired) electrons. The predicted octanol–water partition coefficient (Wildman–Crippen LogP) is 4.30. The highest BCUT2D eigenvalue weighted by Crippen LogP contribution is 2.25. The molecule has 4 rings (SSSR count). The van der Waals surface area contributed by atoms with Gasteiger partial charge in [0.1, 0.15) is 17.7 Å². The fraction of sp³-hybridized carbons (Fsp3) is 0.360. The molecule has 30 heavy (non-hydrogen) atoms. The Morgan fingerprint density at radius 2 is 1.70 bits per heavy atom. The number of pyridine rings is 2. The minimum atomic E-state index is 0.294. The molecule has 1 aromatic carbocycles. The molecule has 0 saturated carbocycles. The minimum Gasteiger partial charge on any atom is -0.490 e. The van der Waals surface area contributed by atoms with Crippen molar-refractivity contribution in [2.75, 3.05) is 38.6 Å². The third-order valence-corrected chi connectivity index (χ3v) is 5.64. The summed E-state index contributed by atoms with van der Waals surface area (Å²) in [6, 6.07) is 18.7. The number of ether oxygens (including phenoxy) is 1. The van der Waals surface area contributed by atoms with Gasteiger partial charge in [0.25, 0.3) is 0 Å². The number of piperidine rings is 1. The molecule has 0 unspecified atom stereocenters. The Bertz CT molecular complexity index is 902. The van der Waals surface area contributed by atoms with Crippen LogP contribution in [0.5, 0.6) is 5.75 Å². The monoisotopic (exact) mass is 402 g/mol. The molecule has 5 nitrogen and oxygen atoms in total. The second-order valence-corrected chi connectivity index (χ2v) is 8.05. The van der Waals surface area contributed by atoms with E-state index in [1.807, 2.05) is 43.5 Å². The molecule has 3 aromatic rings. The summed E-state index contributed by atoms with van der Waals surface area (Å²) < 4.78 is 6.25. The Morgan fingerprint density at radius 1 is 0.933 bits per heavy atom. The molecule has 1 fully saturated rings. The maximum atomic E-state index is 6.25. The van der Waals surface area contributed by atoms with Gasteiger partial charge in [-0.2, -0.15) is 0 Å². The molecule has 1 aliphatic heterocycles. The second-order valence-electron chi connectivity index (χ2n) is 8.05. The topological polar surface area (TPSA) is 41.5 Å².